The molecule has 1 atom stereocenters. The lowest BCUT2D eigenvalue weighted by atomic mass is 9.83. The molecular formula is C31H31F3O. The Kier molecular flexibility index (Phi) is 8.12. The van der Waals surface area contributed by atoms with E-state index in [9.17, 15) is 13.2 Å². The molecule has 4 heteroatoms. The van der Waals surface area contributed by atoms with Gasteiger partial charge in [-0.3, -0.25) is 0 Å². The molecule has 182 valence electrons. The Morgan fingerprint density at radius 2 is 1.71 bits per heavy atom. The van der Waals surface area contributed by atoms with Crippen LogP contribution in [0.3, 0.4) is 0 Å². The summed E-state index contributed by atoms with van der Waals surface area (Å²) in [6.07, 6.45) is 9.71. The van der Waals surface area contributed by atoms with Crippen molar-refractivity contribution in [2.24, 2.45) is 5.92 Å². The largest absolute Gasteiger partial charge is 0.494 e. The van der Waals surface area contributed by atoms with Crippen LogP contribution in [-0.2, 0) is 6.42 Å². The van der Waals surface area contributed by atoms with Crippen LogP contribution in [0.25, 0.3) is 22.8 Å². The third-order valence-corrected chi connectivity index (χ3v) is 6.68. The number of benzene rings is 3. The van der Waals surface area contributed by atoms with Gasteiger partial charge in [0.15, 0.2) is 11.6 Å². The van der Waals surface area contributed by atoms with Crippen molar-refractivity contribution in [3.63, 3.8) is 0 Å². The van der Waals surface area contributed by atoms with E-state index in [4.69, 9.17) is 4.74 Å². The van der Waals surface area contributed by atoms with Crippen LogP contribution in [0.15, 0.2) is 66.7 Å². The molecule has 0 aromatic heterocycles. The molecule has 3 aromatic rings. The molecule has 0 N–H and O–H groups in total. The van der Waals surface area contributed by atoms with Crippen molar-refractivity contribution in [1.29, 1.82) is 0 Å². The lowest BCUT2D eigenvalue weighted by Crippen LogP contribution is -2.08. The normalized spacial score (nSPS) is 15.9. The first-order valence-electron chi connectivity index (χ1n) is 12.3. The van der Waals surface area contributed by atoms with Crippen LogP contribution < -0.4 is 4.74 Å². The summed E-state index contributed by atoms with van der Waals surface area (Å²) in [5.74, 6) is -0.920. The highest BCUT2D eigenvalue weighted by Gasteiger charge is 2.20. The molecule has 0 saturated carbocycles. The zero-order chi connectivity index (χ0) is 24.8. The fraction of sp³-hybridized carbons (Fsp3) is 0.290. The Bertz CT molecular complexity index is 1220. The number of hydrogen-bond acceptors (Lipinski definition) is 1. The third-order valence-electron chi connectivity index (χ3n) is 6.68. The Morgan fingerprint density at radius 1 is 0.943 bits per heavy atom. The van der Waals surface area contributed by atoms with E-state index in [0.717, 1.165) is 36.8 Å². The van der Waals surface area contributed by atoms with Gasteiger partial charge in [-0.05, 0) is 86.3 Å². The fourth-order valence-electron chi connectivity index (χ4n) is 4.74. The minimum Gasteiger partial charge on any atom is -0.494 e. The number of allylic oxidation sites excluding steroid dienone is 3. The molecule has 0 heterocycles. The molecular weight excluding hydrogens is 445 g/mol. The third kappa shape index (κ3) is 5.87. The fourth-order valence-corrected chi connectivity index (χ4v) is 4.74. The van der Waals surface area contributed by atoms with Crippen LogP contribution in [0.2, 0.25) is 0 Å². The van der Waals surface area contributed by atoms with E-state index in [0.29, 0.717) is 41.4 Å². The van der Waals surface area contributed by atoms with Crippen molar-refractivity contribution in [3.8, 4) is 16.9 Å². The van der Waals surface area contributed by atoms with Crippen LogP contribution in [-0.4, -0.2) is 6.61 Å². The second-order valence-corrected chi connectivity index (χ2v) is 9.01. The van der Waals surface area contributed by atoms with Gasteiger partial charge >= 0.3 is 0 Å². The van der Waals surface area contributed by atoms with Gasteiger partial charge in [0.2, 0.25) is 0 Å². The van der Waals surface area contributed by atoms with Crippen LogP contribution in [0.4, 0.5) is 13.2 Å². The summed E-state index contributed by atoms with van der Waals surface area (Å²) in [5, 5.41) is 0. The van der Waals surface area contributed by atoms with Crippen LogP contribution in [0.5, 0.6) is 5.75 Å². The predicted octanol–water partition coefficient (Wildman–Crippen LogP) is 9.02. The summed E-state index contributed by atoms with van der Waals surface area (Å²) < 4.78 is 49.6. The molecule has 0 radical (unpaired) electrons. The van der Waals surface area contributed by atoms with Gasteiger partial charge in [0, 0.05) is 17.2 Å². The van der Waals surface area contributed by atoms with Gasteiger partial charge in [-0.2, -0.15) is 0 Å². The zero-order valence-electron chi connectivity index (χ0n) is 20.3. The summed E-state index contributed by atoms with van der Waals surface area (Å²) >= 11 is 0. The molecule has 1 aliphatic rings. The molecule has 1 nitrogen and oxygen atoms in total. The number of rotatable bonds is 8. The van der Waals surface area contributed by atoms with Crippen molar-refractivity contribution < 1.29 is 17.9 Å². The van der Waals surface area contributed by atoms with E-state index in [-0.39, 0.29) is 11.4 Å². The van der Waals surface area contributed by atoms with E-state index in [1.165, 1.54) is 6.07 Å². The first-order valence-corrected chi connectivity index (χ1v) is 12.3. The first kappa shape index (κ1) is 24.8. The van der Waals surface area contributed by atoms with E-state index >= 15 is 0 Å². The van der Waals surface area contributed by atoms with Crippen molar-refractivity contribution in [2.75, 3.05) is 6.61 Å². The number of ether oxygens (including phenoxy) is 1. The monoisotopic (exact) mass is 476 g/mol. The molecule has 4 rings (SSSR count). The summed E-state index contributed by atoms with van der Waals surface area (Å²) in [5.41, 5.74) is 3.99. The molecule has 0 saturated heterocycles. The molecule has 1 aliphatic carbocycles. The van der Waals surface area contributed by atoms with Crippen LogP contribution in [0, 0.1) is 23.4 Å². The molecule has 0 spiro atoms. The van der Waals surface area contributed by atoms with E-state index in [1.54, 1.807) is 24.3 Å². The Hall–Kier alpha value is -3.27. The van der Waals surface area contributed by atoms with Gasteiger partial charge < -0.3 is 4.74 Å². The average Bonchev–Trinajstić information content (AvgIpc) is 2.87. The minimum absolute atomic E-state index is 0.269. The Balaban J connectivity index is 1.39. The van der Waals surface area contributed by atoms with Crippen molar-refractivity contribution in [3.05, 3.63) is 101 Å². The molecule has 0 bridgehead atoms. The van der Waals surface area contributed by atoms with Crippen molar-refractivity contribution >= 4 is 11.6 Å². The quantitative estimate of drug-likeness (QED) is 0.315. The van der Waals surface area contributed by atoms with Crippen LogP contribution >= 0.6 is 0 Å². The highest BCUT2D eigenvalue weighted by atomic mass is 19.2. The van der Waals surface area contributed by atoms with E-state index < -0.39 is 11.6 Å². The maximum atomic E-state index is 14.9. The maximum absolute atomic E-state index is 14.9. The lowest BCUT2D eigenvalue weighted by Gasteiger charge is -2.23. The molecule has 0 amide bonds. The number of halogens is 3. The average molecular weight is 477 g/mol. The van der Waals surface area contributed by atoms with Gasteiger partial charge in [0.25, 0.3) is 0 Å². The lowest BCUT2D eigenvalue weighted by molar-refractivity contribution is 0.338. The first-order chi connectivity index (χ1) is 17.0. The summed E-state index contributed by atoms with van der Waals surface area (Å²) in [4.78, 5) is 0. The molecule has 1 unspecified atom stereocenters. The Labute approximate surface area is 206 Å². The second-order valence-electron chi connectivity index (χ2n) is 9.01. The molecule has 0 fully saturated rings. The second kappa shape index (κ2) is 11.4. The van der Waals surface area contributed by atoms with Gasteiger partial charge in [0.05, 0.1) is 6.61 Å². The molecule has 0 aliphatic heterocycles. The summed E-state index contributed by atoms with van der Waals surface area (Å²) in [6.45, 7) is 4.31. The van der Waals surface area contributed by atoms with E-state index in [1.807, 2.05) is 50.3 Å². The summed E-state index contributed by atoms with van der Waals surface area (Å²) in [6, 6.07) is 15.8. The standard InChI is InChI=1S/C31H31F3O/c1-3-5-21-6-13-24(14-7-21)28-18-16-25(30(33)31(28)34)15-10-22-8-11-23(12-9-22)27-19-17-26(35-4-2)20-29(27)32/h3,5-7,11,13-14,16-20,22H,4,8-10,12,15H2,1-2H3. The van der Waals surface area contributed by atoms with Gasteiger partial charge in [-0.1, -0.05) is 54.6 Å². The highest BCUT2D eigenvalue weighted by molar-refractivity contribution is 5.68. The smallest absolute Gasteiger partial charge is 0.166 e. The van der Waals surface area contributed by atoms with E-state index in [2.05, 4.69) is 6.08 Å². The van der Waals surface area contributed by atoms with Gasteiger partial charge in [-0.25, -0.2) is 13.2 Å². The predicted molar refractivity (Wildman–Crippen MR) is 138 cm³/mol. The topological polar surface area (TPSA) is 9.23 Å². The summed E-state index contributed by atoms with van der Waals surface area (Å²) in [7, 11) is 0. The SMILES string of the molecule is CC=Cc1ccc(-c2ccc(CCC3CC=C(c4ccc(OCC)cc4F)CC3)c(F)c2F)cc1. The molecule has 3 aromatic carbocycles. The van der Waals surface area contributed by atoms with Crippen molar-refractivity contribution in [1.82, 2.24) is 0 Å². The Morgan fingerprint density at radius 3 is 2.37 bits per heavy atom. The highest BCUT2D eigenvalue weighted by Crippen LogP contribution is 2.35. The van der Waals surface area contributed by atoms with Crippen LogP contribution in [0.1, 0.15) is 56.2 Å². The maximum Gasteiger partial charge on any atom is 0.166 e. The number of aryl methyl sites for hydroxylation is 1. The van der Waals surface area contributed by atoms with Crippen molar-refractivity contribution in [2.45, 2.75) is 46.0 Å². The number of hydrogen-bond donors (Lipinski definition) is 0. The zero-order valence-corrected chi connectivity index (χ0v) is 20.3. The molecule has 35 heavy (non-hydrogen) atoms. The van der Waals surface area contributed by atoms with Gasteiger partial charge in [0.1, 0.15) is 11.6 Å². The van der Waals surface area contributed by atoms with Gasteiger partial charge in [-0.15, -0.1) is 0 Å². The minimum atomic E-state index is -0.793.